The first-order valence-corrected chi connectivity index (χ1v) is 7.12. The third-order valence-electron chi connectivity index (χ3n) is 3.84. The van der Waals surface area contributed by atoms with Crippen molar-refractivity contribution in [3.8, 4) is 6.07 Å². The number of hydrogen-bond donors (Lipinski definition) is 0. The van der Waals surface area contributed by atoms with Crippen LogP contribution in [0.25, 0.3) is 0 Å². The molecule has 0 atom stereocenters. The van der Waals surface area contributed by atoms with Crippen molar-refractivity contribution in [2.75, 3.05) is 36.0 Å². The van der Waals surface area contributed by atoms with Crippen molar-refractivity contribution >= 4 is 17.5 Å². The van der Waals surface area contributed by atoms with Crippen LogP contribution in [0.5, 0.6) is 0 Å². The van der Waals surface area contributed by atoms with Gasteiger partial charge >= 0.3 is 5.82 Å². The zero-order valence-electron chi connectivity index (χ0n) is 12.6. The van der Waals surface area contributed by atoms with Gasteiger partial charge in [0.05, 0.1) is 11.6 Å². The predicted octanol–water partition coefficient (Wildman–Crippen LogP) is 0.922. The van der Waals surface area contributed by atoms with E-state index in [1.165, 1.54) is 6.33 Å². The van der Waals surface area contributed by atoms with E-state index in [4.69, 9.17) is 5.26 Å². The second-order valence-corrected chi connectivity index (χ2v) is 5.25. The van der Waals surface area contributed by atoms with Gasteiger partial charge in [-0.25, -0.2) is 4.98 Å². The molecule has 0 unspecified atom stereocenters. The van der Waals surface area contributed by atoms with E-state index >= 15 is 0 Å². The number of nitrogens with zero attached hydrogens (tertiary/aromatic N) is 7. The van der Waals surface area contributed by atoms with Crippen LogP contribution in [0.4, 0.5) is 17.5 Å². The SMILES string of the molecule is Cn1cnc([N+](=O)[O-])c1N1CCN(c2cc(C#N)ccn2)CC1. The number of piperazine rings is 1. The maximum absolute atomic E-state index is 11.1. The zero-order valence-corrected chi connectivity index (χ0v) is 12.6. The predicted molar refractivity (Wildman–Crippen MR) is 83.2 cm³/mol. The topological polar surface area (TPSA) is 104 Å². The average molecular weight is 313 g/mol. The molecule has 2 aromatic rings. The summed E-state index contributed by atoms with van der Waals surface area (Å²) in [7, 11) is 1.75. The molecular formula is C14H15N7O2. The standard InChI is InChI=1S/C14H15N7O2/c1-18-10-17-13(21(22)23)14(18)20-6-4-19(5-7-20)12-8-11(9-15)2-3-16-12/h2-3,8,10H,4-7H2,1H3. The lowest BCUT2D eigenvalue weighted by Gasteiger charge is -2.35. The number of aromatic nitrogens is 3. The average Bonchev–Trinajstić information content (AvgIpc) is 2.97. The monoisotopic (exact) mass is 313 g/mol. The largest absolute Gasteiger partial charge is 0.406 e. The Labute approximate surface area is 132 Å². The number of nitriles is 1. The first-order chi connectivity index (χ1) is 11.1. The number of pyridine rings is 1. The summed E-state index contributed by atoms with van der Waals surface area (Å²) in [6.07, 6.45) is 3.07. The first kappa shape index (κ1) is 14.8. The minimum absolute atomic E-state index is 0.120. The van der Waals surface area contributed by atoms with Crippen LogP contribution in [-0.2, 0) is 7.05 Å². The van der Waals surface area contributed by atoms with Gasteiger partial charge in [-0.2, -0.15) is 5.26 Å². The van der Waals surface area contributed by atoms with Crippen molar-refractivity contribution in [3.05, 3.63) is 40.3 Å². The second-order valence-electron chi connectivity index (χ2n) is 5.25. The first-order valence-electron chi connectivity index (χ1n) is 7.12. The van der Waals surface area contributed by atoms with E-state index in [0.717, 1.165) is 5.82 Å². The van der Waals surface area contributed by atoms with Crippen LogP contribution in [0.1, 0.15) is 5.56 Å². The Kier molecular flexibility index (Phi) is 3.80. The fourth-order valence-electron chi connectivity index (χ4n) is 2.71. The molecule has 1 aliphatic rings. The van der Waals surface area contributed by atoms with Crippen LogP contribution in [0, 0.1) is 21.4 Å². The van der Waals surface area contributed by atoms with Crippen molar-refractivity contribution in [2.24, 2.45) is 7.05 Å². The Morgan fingerprint density at radius 1 is 1.26 bits per heavy atom. The van der Waals surface area contributed by atoms with E-state index in [9.17, 15) is 10.1 Å². The quantitative estimate of drug-likeness (QED) is 0.613. The van der Waals surface area contributed by atoms with Crippen molar-refractivity contribution < 1.29 is 4.92 Å². The minimum Gasteiger partial charge on any atom is -0.358 e. The summed E-state index contributed by atoms with van der Waals surface area (Å²) < 4.78 is 1.67. The highest BCUT2D eigenvalue weighted by atomic mass is 16.6. The molecule has 0 N–H and O–H groups in total. The molecule has 0 spiro atoms. The highest BCUT2D eigenvalue weighted by molar-refractivity contribution is 5.56. The maximum Gasteiger partial charge on any atom is 0.406 e. The summed E-state index contributed by atoms with van der Waals surface area (Å²) in [5.41, 5.74) is 0.569. The number of nitro groups is 1. The van der Waals surface area contributed by atoms with Gasteiger partial charge in [0.1, 0.15) is 5.82 Å². The highest BCUT2D eigenvalue weighted by Crippen LogP contribution is 2.27. The molecule has 3 rings (SSSR count). The number of imidazole rings is 1. The van der Waals surface area contributed by atoms with Gasteiger partial charge in [-0.15, -0.1) is 0 Å². The molecular weight excluding hydrogens is 298 g/mol. The van der Waals surface area contributed by atoms with Crippen LogP contribution >= 0.6 is 0 Å². The lowest BCUT2D eigenvalue weighted by Crippen LogP contribution is -2.47. The second kappa shape index (κ2) is 5.92. The fourth-order valence-corrected chi connectivity index (χ4v) is 2.71. The lowest BCUT2D eigenvalue weighted by molar-refractivity contribution is -0.388. The van der Waals surface area contributed by atoms with Gasteiger partial charge in [-0.05, 0) is 22.0 Å². The van der Waals surface area contributed by atoms with E-state index in [0.29, 0.717) is 37.6 Å². The molecule has 0 saturated carbocycles. The molecule has 118 valence electrons. The Bertz CT molecular complexity index is 772. The van der Waals surface area contributed by atoms with Crippen LogP contribution < -0.4 is 9.80 Å². The van der Waals surface area contributed by atoms with E-state index < -0.39 is 4.92 Å². The summed E-state index contributed by atoms with van der Waals surface area (Å²) in [5, 5.41) is 20.0. The lowest BCUT2D eigenvalue weighted by atomic mass is 10.2. The summed E-state index contributed by atoms with van der Waals surface area (Å²) >= 11 is 0. The van der Waals surface area contributed by atoms with Crippen LogP contribution in [0.15, 0.2) is 24.7 Å². The van der Waals surface area contributed by atoms with Crippen LogP contribution in [-0.4, -0.2) is 45.6 Å². The Hall–Kier alpha value is -3.15. The van der Waals surface area contributed by atoms with Gasteiger partial charge in [-0.3, -0.25) is 4.57 Å². The molecule has 0 bridgehead atoms. The Morgan fingerprint density at radius 3 is 2.61 bits per heavy atom. The summed E-state index contributed by atoms with van der Waals surface area (Å²) in [6.45, 7) is 2.59. The van der Waals surface area contributed by atoms with Gasteiger partial charge in [0.2, 0.25) is 12.1 Å². The van der Waals surface area contributed by atoms with E-state index in [-0.39, 0.29) is 5.82 Å². The summed E-state index contributed by atoms with van der Waals surface area (Å²) in [4.78, 5) is 22.8. The third-order valence-corrected chi connectivity index (χ3v) is 3.84. The Balaban J connectivity index is 1.75. The molecule has 9 nitrogen and oxygen atoms in total. The van der Waals surface area contributed by atoms with Gasteiger partial charge in [-0.1, -0.05) is 0 Å². The van der Waals surface area contributed by atoms with E-state index in [1.54, 1.807) is 29.9 Å². The number of aryl methyl sites for hydroxylation is 1. The molecule has 0 radical (unpaired) electrons. The minimum atomic E-state index is -0.459. The van der Waals surface area contributed by atoms with Gasteiger partial charge in [0.15, 0.2) is 0 Å². The van der Waals surface area contributed by atoms with Gasteiger partial charge < -0.3 is 19.9 Å². The molecule has 23 heavy (non-hydrogen) atoms. The normalized spacial score (nSPS) is 14.6. The Morgan fingerprint density at radius 2 is 1.96 bits per heavy atom. The summed E-state index contributed by atoms with van der Waals surface area (Å²) in [5.74, 6) is 1.15. The van der Waals surface area contributed by atoms with Crippen LogP contribution in [0.3, 0.4) is 0 Å². The molecule has 0 amide bonds. The molecule has 9 heteroatoms. The van der Waals surface area contributed by atoms with Crippen molar-refractivity contribution in [2.45, 2.75) is 0 Å². The molecule has 0 aromatic carbocycles. The number of anilines is 2. The van der Waals surface area contributed by atoms with Crippen molar-refractivity contribution in [1.29, 1.82) is 5.26 Å². The van der Waals surface area contributed by atoms with Crippen molar-refractivity contribution in [1.82, 2.24) is 14.5 Å². The molecule has 0 aliphatic carbocycles. The molecule has 1 aliphatic heterocycles. The highest BCUT2D eigenvalue weighted by Gasteiger charge is 2.28. The van der Waals surface area contributed by atoms with Gasteiger partial charge in [0.25, 0.3) is 0 Å². The van der Waals surface area contributed by atoms with Crippen LogP contribution in [0.2, 0.25) is 0 Å². The number of hydrogen-bond acceptors (Lipinski definition) is 7. The molecule has 2 aromatic heterocycles. The molecule has 3 heterocycles. The smallest absolute Gasteiger partial charge is 0.358 e. The fraction of sp³-hybridized carbons (Fsp3) is 0.357. The molecule has 1 saturated heterocycles. The summed E-state index contributed by atoms with van der Waals surface area (Å²) in [6, 6.07) is 5.52. The molecule has 1 fully saturated rings. The maximum atomic E-state index is 11.1. The van der Waals surface area contributed by atoms with E-state index in [1.807, 2.05) is 4.90 Å². The third kappa shape index (κ3) is 2.78. The van der Waals surface area contributed by atoms with E-state index in [2.05, 4.69) is 20.9 Å². The van der Waals surface area contributed by atoms with Gasteiger partial charge in [0, 0.05) is 39.4 Å². The van der Waals surface area contributed by atoms with Crippen molar-refractivity contribution in [3.63, 3.8) is 0 Å². The number of rotatable bonds is 3. The zero-order chi connectivity index (χ0) is 16.4.